The van der Waals surface area contributed by atoms with Crippen LogP contribution in [0.15, 0.2) is 30.5 Å². The summed E-state index contributed by atoms with van der Waals surface area (Å²) in [7, 11) is 1.67. The SMILES string of the molecule is COCc1cccc(-c2ncc(I)c(N)n2)c1. The first-order valence-corrected chi connectivity index (χ1v) is 6.15. The second-order valence-electron chi connectivity index (χ2n) is 3.56. The van der Waals surface area contributed by atoms with Crippen molar-refractivity contribution in [3.8, 4) is 11.4 Å². The number of nitrogens with two attached hydrogens (primary N) is 1. The number of aromatic nitrogens is 2. The summed E-state index contributed by atoms with van der Waals surface area (Å²) >= 11 is 2.11. The lowest BCUT2D eigenvalue weighted by Gasteiger charge is -2.05. The van der Waals surface area contributed by atoms with Gasteiger partial charge >= 0.3 is 0 Å². The van der Waals surface area contributed by atoms with Gasteiger partial charge in [0.1, 0.15) is 5.82 Å². The van der Waals surface area contributed by atoms with Crippen molar-refractivity contribution in [3.63, 3.8) is 0 Å². The first-order valence-electron chi connectivity index (χ1n) is 5.07. The number of rotatable bonds is 3. The summed E-state index contributed by atoms with van der Waals surface area (Å²) in [6.07, 6.45) is 1.72. The van der Waals surface area contributed by atoms with Gasteiger partial charge in [0.2, 0.25) is 0 Å². The minimum absolute atomic E-state index is 0.507. The van der Waals surface area contributed by atoms with Gasteiger partial charge in [-0.1, -0.05) is 18.2 Å². The predicted octanol–water partition coefficient (Wildman–Crippen LogP) is 2.48. The Labute approximate surface area is 113 Å². The van der Waals surface area contributed by atoms with Crippen molar-refractivity contribution in [1.82, 2.24) is 9.97 Å². The number of hydrogen-bond donors (Lipinski definition) is 1. The number of halogens is 1. The van der Waals surface area contributed by atoms with E-state index < -0.39 is 0 Å². The van der Waals surface area contributed by atoms with E-state index in [0.29, 0.717) is 18.2 Å². The van der Waals surface area contributed by atoms with Crippen LogP contribution in [0.25, 0.3) is 11.4 Å². The molecular formula is C12H12IN3O. The molecule has 1 heterocycles. The molecular weight excluding hydrogens is 329 g/mol. The number of benzene rings is 1. The molecule has 0 unspecified atom stereocenters. The van der Waals surface area contributed by atoms with Crippen LogP contribution in [0.1, 0.15) is 5.56 Å². The summed E-state index contributed by atoms with van der Waals surface area (Å²) in [5, 5.41) is 0. The second kappa shape index (κ2) is 5.42. The van der Waals surface area contributed by atoms with Gasteiger partial charge in [0.05, 0.1) is 10.2 Å². The lowest BCUT2D eigenvalue weighted by molar-refractivity contribution is 0.185. The topological polar surface area (TPSA) is 61.0 Å². The average molecular weight is 341 g/mol. The Morgan fingerprint density at radius 1 is 1.41 bits per heavy atom. The van der Waals surface area contributed by atoms with E-state index in [1.165, 1.54) is 0 Å². The van der Waals surface area contributed by atoms with E-state index in [0.717, 1.165) is 14.7 Å². The maximum absolute atomic E-state index is 5.77. The average Bonchev–Trinajstić information content (AvgIpc) is 2.33. The number of nitrogen functional groups attached to an aromatic ring is 1. The van der Waals surface area contributed by atoms with Gasteiger partial charge < -0.3 is 10.5 Å². The van der Waals surface area contributed by atoms with Crippen LogP contribution < -0.4 is 5.73 Å². The highest BCUT2D eigenvalue weighted by Gasteiger charge is 2.05. The number of nitrogens with zero attached hydrogens (tertiary/aromatic N) is 2. The highest BCUT2D eigenvalue weighted by Crippen LogP contribution is 2.19. The minimum Gasteiger partial charge on any atom is -0.383 e. The van der Waals surface area contributed by atoms with Crippen LogP contribution >= 0.6 is 22.6 Å². The van der Waals surface area contributed by atoms with Crippen molar-refractivity contribution < 1.29 is 4.74 Å². The van der Waals surface area contributed by atoms with E-state index in [1.807, 2.05) is 24.3 Å². The third kappa shape index (κ3) is 2.92. The molecule has 88 valence electrons. The number of methoxy groups -OCH3 is 1. The zero-order chi connectivity index (χ0) is 12.3. The molecule has 17 heavy (non-hydrogen) atoms. The molecule has 0 bridgehead atoms. The van der Waals surface area contributed by atoms with Gasteiger partial charge in [0, 0.05) is 18.9 Å². The number of anilines is 1. The maximum atomic E-state index is 5.77. The molecule has 1 aromatic heterocycles. The molecule has 2 aromatic rings. The molecule has 2 rings (SSSR count). The van der Waals surface area contributed by atoms with Crippen molar-refractivity contribution in [3.05, 3.63) is 39.6 Å². The zero-order valence-corrected chi connectivity index (χ0v) is 11.5. The third-order valence-electron chi connectivity index (χ3n) is 2.27. The molecule has 5 heteroatoms. The first-order chi connectivity index (χ1) is 8.20. The molecule has 2 N–H and O–H groups in total. The maximum Gasteiger partial charge on any atom is 0.161 e. The van der Waals surface area contributed by atoms with E-state index in [9.17, 15) is 0 Å². The molecule has 0 amide bonds. The van der Waals surface area contributed by atoms with Gasteiger partial charge in [0.15, 0.2) is 5.82 Å². The van der Waals surface area contributed by atoms with Gasteiger partial charge in [0.25, 0.3) is 0 Å². The van der Waals surface area contributed by atoms with Crippen LogP contribution in [0.4, 0.5) is 5.82 Å². The summed E-state index contributed by atoms with van der Waals surface area (Å²) in [5.74, 6) is 1.15. The lowest BCUT2D eigenvalue weighted by Crippen LogP contribution is -1.98. The Kier molecular flexibility index (Phi) is 3.90. The van der Waals surface area contributed by atoms with E-state index in [2.05, 4.69) is 32.6 Å². The standard InChI is InChI=1S/C12H12IN3O/c1-17-7-8-3-2-4-9(5-8)12-15-6-10(13)11(14)16-12/h2-6H,7H2,1H3,(H2,14,15,16). The highest BCUT2D eigenvalue weighted by atomic mass is 127. The monoisotopic (exact) mass is 341 g/mol. The number of ether oxygens (including phenoxy) is 1. The van der Waals surface area contributed by atoms with Gasteiger partial charge in [-0.05, 0) is 34.2 Å². The van der Waals surface area contributed by atoms with Crippen molar-refractivity contribution in [2.45, 2.75) is 6.61 Å². The Morgan fingerprint density at radius 3 is 2.94 bits per heavy atom. The largest absolute Gasteiger partial charge is 0.383 e. The molecule has 0 fully saturated rings. The predicted molar refractivity (Wildman–Crippen MR) is 75.3 cm³/mol. The van der Waals surface area contributed by atoms with Crippen molar-refractivity contribution in [1.29, 1.82) is 0 Å². The van der Waals surface area contributed by atoms with Gasteiger partial charge in [-0.25, -0.2) is 9.97 Å². The Bertz CT molecular complexity index is 531. The van der Waals surface area contributed by atoms with Crippen LogP contribution in [0.5, 0.6) is 0 Å². The van der Waals surface area contributed by atoms with Crippen LogP contribution in [0.2, 0.25) is 0 Å². The molecule has 0 aliphatic rings. The van der Waals surface area contributed by atoms with Gasteiger partial charge in [-0.3, -0.25) is 0 Å². The van der Waals surface area contributed by atoms with Crippen molar-refractivity contribution in [2.24, 2.45) is 0 Å². The quantitative estimate of drug-likeness (QED) is 0.872. The fourth-order valence-electron chi connectivity index (χ4n) is 1.49. The number of hydrogen-bond acceptors (Lipinski definition) is 4. The van der Waals surface area contributed by atoms with Crippen LogP contribution in [-0.4, -0.2) is 17.1 Å². The fraction of sp³-hybridized carbons (Fsp3) is 0.167. The highest BCUT2D eigenvalue weighted by molar-refractivity contribution is 14.1. The minimum atomic E-state index is 0.507. The molecule has 0 saturated heterocycles. The molecule has 0 spiro atoms. The zero-order valence-electron chi connectivity index (χ0n) is 9.35. The lowest BCUT2D eigenvalue weighted by atomic mass is 10.1. The van der Waals surface area contributed by atoms with Crippen LogP contribution in [-0.2, 0) is 11.3 Å². The molecule has 0 radical (unpaired) electrons. The molecule has 0 saturated carbocycles. The van der Waals surface area contributed by atoms with Gasteiger partial charge in [-0.15, -0.1) is 0 Å². The fourth-order valence-corrected chi connectivity index (χ4v) is 1.75. The van der Waals surface area contributed by atoms with Crippen molar-refractivity contribution in [2.75, 3.05) is 12.8 Å². The Morgan fingerprint density at radius 2 is 2.24 bits per heavy atom. The summed E-state index contributed by atoms with van der Waals surface area (Å²) in [6.45, 7) is 0.577. The van der Waals surface area contributed by atoms with Crippen molar-refractivity contribution >= 4 is 28.4 Å². The van der Waals surface area contributed by atoms with Crippen LogP contribution in [0.3, 0.4) is 0 Å². The molecule has 0 aliphatic heterocycles. The summed E-state index contributed by atoms with van der Waals surface area (Å²) in [5.41, 5.74) is 7.81. The summed E-state index contributed by atoms with van der Waals surface area (Å²) in [6, 6.07) is 7.93. The first kappa shape index (κ1) is 12.3. The molecule has 0 atom stereocenters. The molecule has 0 aliphatic carbocycles. The normalized spacial score (nSPS) is 10.5. The van der Waals surface area contributed by atoms with E-state index in [4.69, 9.17) is 10.5 Å². The smallest absolute Gasteiger partial charge is 0.161 e. The second-order valence-corrected chi connectivity index (χ2v) is 4.72. The molecule has 1 aromatic carbocycles. The molecule has 4 nitrogen and oxygen atoms in total. The van der Waals surface area contributed by atoms with E-state index in [1.54, 1.807) is 13.3 Å². The Balaban J connectivity index is 2.38. The van der Waals surface area contributed by atoms with Gasteiger partial charge in [-0.2, -0.15) is 0 Å². The summed E-state index contributed by atoms with van der Waals surface area (Å²) < 4.78 is 5.96. The third-order valence-corrected chi connectivity index (χ3v) is 3.10. The summed E-state index contributed by atoms with van der Waals surface area (Å²) in [4.78, 5) is 8.53. The van der Waals surface area contributed by atoms with Crippen LogP contribution in [0, 0.1) is 3.57 Å². The Hall–Kier alpha value is -1.21. The van der Waals surface area contributed by atoms with E-state index in [-0.39, 0.29) is 0 Å². The van der Waals surface area contributed by atoms with E-state index >= 15 is 0 Å².